The third kappa shape index (κ3) is 4.64. The molecule has 6 nitrogen and oxygen atoms in total. The second kappa shape index (κ2) is 8.59. The van der Waals surface area contributed by atoms with E-state index in [9.17, 15) is 4.79 Å². The molecule has 0 unspecified atom stereocenters. The van der Waals surface area contributed by atoms with E-state index in [0.29, 0.717) is 31.6 Å². The molecule has 2 heterocycles. The summed E-state index contributed by atoms with van der Waals surface area (Å²) >= 11 is 19.0. The van der Waals surface area contributed by atoms with E-state index in [1.165, 1.54) is 11.8 Å². The lowest BCUT2D eigenvalue weighted by atomic mass is 10.1. The molecule has 0 aliphatic heterocycles. The number of amides is 1. The molecule has 1 amide bonds. The second-order valence-corrected chi connectivity index (χ2v) is 8.14. The topological polar surface area (TPSA) is 72.2 Å². The van der Waals surface area contributed by atoms with Crippen molar-refractivity contribution in [3.05, 3.63) is 69.7 Å². The van der Waals surface area contributed by atoms with Gasteiger partial charge in [0, 0.05) is 16.3 Å². The minimum atomic E-state index is -0.209. The van der Waals surface area contributed by atoms with Crippen molar-refractivity contribution in [1.82, 2.24) is 19.8 Å². The minimum Gasteiger partial charge on any atom is -0.325 e. The molecule has 10 heteroatoms. The molecule has 0 spiro atoms. The molecule has 0 atom stereocenters. The van der Waals surface area contributed by atoms with Crippen LogP contribution in [0.15, 0.2) is 59.8 Å². The van der Waals surface area contributed by atoms with E-state index in [-0.39, 0.29) is 11.7 Å². The number of hydrogen-bond donors (Lipinski definition) is 1. The van der Waals surface area contributed by atoms with Crippen LogP contribution in [0.2, 0.25) is 15.1 Å². The molecular weight excluding hydrogens is 453 g/mol. The van der Waals surface area contributed by atoms with Gasteiger partial charge in [-0.25, -0.2) is 0 Å². The maximum atomic E-state index is 12.3. The van der Waals surface area contributed by atoms with Gasteiger partial charge in [0.15, 0.2) is 5.65 Å². The van der Waals surface area contributed by atoms with Crippen LogP contribution in [0.3, 0.4) is 0 Å². The van der Waals surface area contributed by atoms with Crippen molar-refractivity contribution in [1.29, 1.82) is 0 Å². The van der Waals surface area contributed by atoms with Crippen LogP contribution in [0.1, 0.15) is 0 Å². The zero-order valence-electron chi connectivity index (χ0n) is 14.6. The van der Waals surface area contributed by atoms with Crippen molar-refractivity contribution in [2.24, 2.45) is 0 Å². The highest BCUT2D eigenvalue weighted by atomic mass is 35.5. The summed E-state index contributed by atoms with van der Waals surface area (Å²) in [6.07, 6.45) is 0. The number of aromatic nitrogens is 4. The predicted molar refractivity (Wildman–Crippen MR) is 117 cm³/mol. The Morgan fingerprint density at radius 3 is 2.52 bits per heavy atom. The summed E-state index contributed by atoms with van der Waals surface area (Å²) in [5.74, 6) is -0.0764. The molecular formula is C19H12Cl3N5OS. The number of thioether (sulfide) groups is 1. The lowest BCUT2D eigenvalue weighted by Crippen LogP contribution is -2.14. The Morgan fingerprint density at radius 2 is 1.76 bits per heavy atom. The van der Waals surface area contributed by atoms with Crippen LogP contribution >= 0.6 is 46.6 Å². The lowest BCUT2D eigenvalue weighted by Gasteiger charge is -2.06. The van der Waals surface area contributed by atoms with Gasteiger partial charge in [-0.15, -0.1) is 10.2 Å². The van der Waals surface area contributed by atoms with Crippen LogP contribution < -0.4 is 5.32 Å². The zero-order chi connectivity index (χ0) is 20.4. The second-order valence-electron chi connectivity index (χ2n) is 5.94. The van der Waals surface area contributed by atoms with Crippen LogP contribution in [-0.2, 0) is 4.79 Å². The van der Waals surface area contributed by atoms with Gasteiger partial charge in [-0.1, -0.05) is 58.7 Å². The third-order valence-corrected chi connectivity index (χ3v) is 5.82. The molecule has 0 fully saturated rings. The Morgan fingerprint density at radius 1 is 0.966 bits per heavy atom. The van der Waals surface area contributed by atoms with Crippen molar-refractivity contribution in [2.75, 3.05) is 11.1 Å². The molecule has 0 radical (unpaired) electrons. The molecule has 0 aliphatic rings. The number of rotatable bonds is 5. The third-order valence-electron chi connectivity index (χ3n) is 3.91. The quantitative estimate of drug-likeness (QED) is 0.396. The molecule has 1 N–H and O–H groups in total. The molecule has 4 rings (SSSR count). The van der Waals surface area contributed by atoms with E-state index in [2.05, 4.69) is 20.6 Å². The van der Waals surface area contributed by atoms with Crippen molar-refractivity contribution < 1.29 is 4.79 Å². The molecule has 4 aromatic rings. The van der Waals surface area contributed by atoms with Gasteiger partial charge in [-0.3, -0.25) is 4.79 Å². The standard InChI is InChI=1S/C19H12Cl3N5OS/c20-12-3-1-11(2-4-12)16-7-8-17-24-25-19(27(17)26-16)29-10-18(28)23-13-5-6-14(21)15(22)9-13/h1-9H,10H2,(H,23,28). The van der Waals surface area contributed by atoms with Crippen molar-refractivity contribution >= 4 is 63.8 Å². The Bertz CT molecular complexity index is 1200. The number of anilines is 1. The average molecular weight is 465 g/mol. The highest BCUT2D eigenvalue weighted by Crippen LogP contribution is 2.26. The summed E-state index contributed by atoms with van der Waals surface area (Å²) in [7, 11) is 0. The lowest BCUT2D eigenvalue weighted by molar-refractivity contribution is -0.113. The van der Waals surface area contributed by atoms with Gasteiger partial charge < -0.3 is 5.32 Å². The van der Waals surface area contributed by atoms with Gasteiger partial charge in [0.2, 0.25) is 11.1 Å². The number of carbonyl (C=O) groups is 1. The summed E-state index contributed by atoms with van der Waals surface area (Å²) in [4.78, 5) is 12.3. The normalized spacial score (nSPS) is 11.0. The Hall–Kier alpha value is -2.32. The minimum absolute atomic E-state index is 0.133. The molecule has 29 heavy (non-hydrogen) atoms. The predicted octanol–water partition coefficient (Wildman–Crippen LogP) is 5.48. The number of carbonyl (C=O) groups excluding carboxylic acids is 1. The Balaban J connectivity index is 1.48. The monoisotopic (exact) mass is 463 g/mol. The SMILES string of the molecule is O=C(CSc1nnc2ccc(-c3ccc(Cl)cc3)nn12)Nc1ccc(Cl)c(Cl)c1. The summed E-state index contributed by atoms with van der Waals surface area (Å²) in [5, 5.41) is 17.5. The smallest absolute Gasteiger partial charge is 0.234 e. The summed E-state index contributed by atoms with van der Waals surface area (Å²) < 4.78 is 1.61. The number of nitrogens with one attached hydrogen (secondary N) is 1. The molecule has 0 saturated heterocycles. The highest BCUT2D eigenvalue weighted by molar-refractivity contribution is 7.99. The molecule has 146 valence electrons. The van der Waals surface area contributed by atoms with Crippen LogP contribution in [0, 0.1) is 0 Å². The Kier molecular flexibility index (Phi) is 5.91. The maximum Gasteiger partial charge on any atom is 0.234 e. The van der Waals surface area contributed by atoms with Gasteiger partial charge in [-0.2, -0.15) is 9.61 Å². The summed E-state index contributed by atoms with van der Waals surface area (Å²) in [6, 6.07) is 16.0. The van der Waals surface area contributed by atoms with Gasteiger partial charge >= 0.3 is 0 Å². The first-order valence-corrected chi connectivity index (χ1v) is 10.5. The first-order chi connectivity index (χ1) is 14.0. The number of halogens is 3. The summed E-state index contributed by atoms with van der Waals surface area (Å²) in [6.45, 7) is 0. The number of hydrogen-bond acceptors (Lipinski definition) is 5. The molecule has 2 aromatic carbocycles. The van der Waals surface area contributed by atoms with Gasteiger partial charge in [-0.05, 0) is 42.5 Å². The average Bonchev–Trinajstić information content (AvgIpc) is 3.12. The zero-order valence-corrected chi connectivity index (χ0v) is 17.7. The van der Waals surface area contributed by atoms with Crippen molar-refractivity contribution in [3.63, 3.8) is 0 Å². The van der Waals surface area contributed by atoms with Crippen LogP contribution in [-0.4, -0.2) is 31.5 Å². The van der Waals surface area contributed by atoms with Gasteiger partial charge in [0.05, 0.1) is 21.5 Å². The van der Waals surface area contributed by atoms with Crippen molar-refractivity contribution in [2.45, 2.75) is 5.16 Å². The fourth-order valence-electron chi connectivity index (χ4n) is 2.53. The maximum absolute atomic E-state index is 12.3. The van der Waals surface area contributed by atoms with Crippen LogP contribution in [0.4, 0.5) is 5.69 Å². The van der Waals surface area contributed by atoms with E-state index in [1.807, 2.05) is 24.3 Å². The van der Waals surface area contributed by atoms with E-state index < -0.39 is 0 Å². The molecule has 0 bridgehead atoms. The van der Waals surface area contributed by atoms with Crippen LogP contribution in [0.25, 0.3) is 16.9 Å². The number of nitrogens with zero attached hydrogens (tertiary/aromatic N) is 4. The van der Waals surface area contributed by atoms with Gasteiger partial charge in [0.1, 0.15) is 0 Å². The Labute approximate surface area is 185 Å². The van der Waals surface area contributed by atoms with E-state index in [1.54, 1.807) is 34.8 Å². The largest absolute Gasteiger partial charge is 0.325 e. The van der Waals surface area contributed by atoms with Crippen LogP contribution in [0.5, 0.6) is 0 Å². The number of benzene rings is 2. The molecule has 0 saturated carbocycles. The number of fused-ring (bicyclic) bond motifs is 1. The highest BCUT2D eigenvalue weighted by Gasteiger charge is 2.12. The molecule has 2 aromatic heterocycles. The fourth-order valence-corrected chi connectivity index (χ4v) is 3.65. The molecule has 0 aliphatic carbocycles. The van der Waals surface area contributed by atoms with Crippen molar-refractivity contribution in [3.8, 4) is 11.3 Å². The van der Waals surface area contributed by atoms with E-state index in [0.717, 1.165) is 11.3 Å². The first kappa shape index (κ1) is 20.0. The van der Waals surface area contributed by atoms with E-state index in [4.69, 9.17) is 34.8 Å². The fraction of sp³-hybridized carbons (Fsp3) is 0.0526. The summed E-state index contributed by atoms with van der Waals surface area (Å²) in [5.41, 5.74) is 2.82. The first-order valence-electron chi connectivity index (χ1n) is 8.36. The van der Waals surface area contributed by atoms with E-state index >= 15 is 0 Å². The van der Waals surface area contributed by atoms with Gasteiger partial charge in [0.25, 0.3) is 0 Å².